The molecule has 0 saturated carbocycles. The van der Waals surface area contributed by atoms with Gasteiger partial charge in [0.25, 0.3) is 5.91 Å². The van der Waals surface area contributed by atoms with E-state index in [-0.39, 0.29) is 5.91 Å². The number of aldehydes is 1. The van der Waals surface area contributed by atoms with Crippen molar-refractivity contribution in [3.8, 4) is 5.75 Å². The molecule has 0 aromatic heterocycles. The van der Waals surface area contributed by atoms with Crippen molar-refractivity contribution in [2.75, 3.05) is 7.11 Å². The molecule has 1 amide bonds. The Morgan fingerprint density at radius 2 is 1.88 bits per heavy atom. The first kappa shape index (κ1) is 12.2. The van der Waals surface area contributed by atoms with Crippen LogP contribution in [0.2, 0.25) is 0 Å². The van der Waals surface area contributed by atoms with Crippen molar-refractivity contribution < 1.29 is 14.3 Å². The van der Waals surface area contributed by atoms with Gasteiger partial charge in [-0.1, -0.05) is 0 Å². The Hall–Kier alpha value is -1.84. The number of nitrogens with one attached hydrogen (secondary N) is 1. The van der Waals surface area contributed by atoms with Gasteiger partial charge in [0.15, 0.2) is 0 Å². The minimum Gasteiger partial charge on any atom is -0.497 e. The van der Waals surface area contributed by atoms with Crippen LogP contribution in [0.5, 0.6) is 5.75 Å². The minimum atomic E-state index is -0.850. The van der Waals surface area contributed by atoms with Gasteiger partial charge in [-0.05, 0) is 38.1 Å². The quantitative estimate of drug-likeness (QED) is 0.782. The Morgan fingerprint density at radius 3 is 2.31 bits per heavy atom. The third kappa shape index (κ3) is 3.08. The largest absolute Gasteiger partial charge is 0.497 e. The first-order chi connectivity index (χ1) is 7.48. The summed E-state index contributed by atoms with van der Waals surface area (Å²) in [5.41, 5.74) is -0.354. The number of benzene rings is 1. The van der Waals surface area contributed by atoms with Crippen LogP contribution >= 0.6 is 0 Å². The number of hydrogen-bond donors (Lipinski definition) is 1. The molecule has 0 heterocycles. The highest BCUT2D eigenvalue weighted by molar-refractivity contribution is 5.96. The second-order valence-electron chi connectivity index (χ2n) is 4.02. The van der Waals surface area contributed by atoms with Crippen molar-refractivity contribution in [1.29, 1.82) is 0 Å². The highest BCUT2D eigenvalue weighted by Crippen LogP contribution is 2.11. The molecule has 0 aliphatic carbocycles. The summed E-state index contributed by atoms with van der Waals surface area (Å²) in [6.07, 6.45) is 0.703. The molecule has 0 atom stereocenters. The summed E-state index contributed by atoms with van der Waals surface area (Å²) in [4.78, 5) is 22.4. The number of hydrogen-bond acceptors (Lipinski definition) is 3. The summed E-state index contributed by atoms with van der Waals surface area (Å²) in [7, 11) is 1.56. The third-order valence-corrected chi connectivity index (χ3v) is 2.08. The Morgan fingerprint density at radius 1 is 1.31 bits per heavy atom. The fourth-order valence-electron chi connectivity index (χ4n) is 1.14. The predicted molar refractivity (Wildman–Crippen MR) is 60.6 cm³/mol. The zero-order valence-electron chi connectivity index (χ0n) is 9.61. The van der Waals surface area contributed by atoms with Gasteiger partial charge < -0.3 is 14.8 Å². The number of methoxy groups -OCH3 is 1. The fourth-order valence-corrected chi connectivity index (χ4v) is 1.14. The van der Waals surface area contributed by atoms with Gasteiger partial charge in [0, 0.05) is 5.56 Å². The van der Waals surface area contributed by atoms with Crippen LogP contribution in [0.1, 0.15) is 24.2 Å². The number of ether oxygens (including phenoxy) is 1. The lowest BCUT2D eigenvalue weighted by Gasteiger charge is -2.18. The van der Waals surface area contributed by atoms with Gasteiger partial charge in [-0.2, -0.15) is 0 Å². The molecule has 16 heavy (non-hydrogen) atoms. The van der Waals surface area contributed by atoms with E-state index in [0.29, 0.717) is 17.6 Å². The number of carbonyl (C=O) groups excluding carboxylic acids is 2. The zero-order chi connectivity index (χ0) is 12.2. The second kappa shape index (κ2) is 4.79. The van der Waals surface area contributed by atoms with E-state index < -0.39 is 5.54 Å². The number of amides is 1. The lowest BCUT2D eigenvalue weighted by molar-refractivity contribution is -0.112. The molecule has 0 aliphatic heterocycles. The lowest BCUT2D eigenvalue weighted by Crippen LogP contribution is -2.44. The van der Waals surface area contributed by atoms with Crippen LogP contribution < -0.4 is 10.1 Å². The average molecular weight is 221 g/mol. The van der Waals surface area contributed by atoms with Gasteiger partial charge in [-0.3, -0.25) is 4.79 Å². The summed E-state index contributed by atoms with van der Waals surface area (Å²) in [6, 6.07) is 6.69. The van der Waals surface area contributed by atoms with E-state index in [2.05, 4.69) is 5.32 Å². The topological polar surface area (TPSA) is 55.4 Å². The summed E-state index contributed by atoms with van der Waals surface area (Å²) >= 11 is 0. The molecule has 0 unspecified atom stereocenters. The van der Waals surface area contributed by atoms with Crippen molar-refractivity contribution in [3.63, 3.8) is 0 Å². The van der Waals surface area contributed by atoms with Gasteiger partial charge in [0.2, 0.25) is 0 Å². The molecule has 0 aliphatic rings. The highest BCUT2D eigenvalue weighted by atomic mass is 16.5. The minimum absolute atomic E-state index is 0.278. The Labute approximate surface area is 94.6 Å². The van der Waals surface area contributed by atoms with E-state index in [1.165, 1.54) is 0 Å². The van der Waals surface area contributed by atoms with Gasteiger partial charge in [0.1, 0.15) is 12.0 Å². The van der Waals surface area contributed by atoms with E-state index in [0.717, 1.165) is 0 Å². The van der Waals surface area contributed by atoms with Crippen molar-refractivity contribution in [1.82, 2.24) is 5.32 Å². The van der Waals surface area contributed by atoms with E-state index in [1.807, 2.05) is 0 Å². The average Bonchev–Trinajstić information content (AvgIpc) is 2.28. The summed E-state index contributed by atoms with van der Waals surface area (Å²) in [5, 5.41) is 2.61. The van der Waals surface area contributed by atoms with Crippen molar-refractivity contribution in [2.45, 2.75) is 19.4 Å². The summed E-state index contributed by atoms with van der Waals surface area (Å²) < 4.78 is 4.98. The Kier molecular flexibility index (Phi) is 3.66. The van der Waals surface area contributed by atoms with Gasteiger partial charge >= 0.3 is 0 Å². The van der Waals surface area contributed by atoms with Crippen molar-refractivity contribution in [3.05, 3.63) is 29.8 Å². The van der Waals surface area contributed by atoms with Crippen LogP contribution in [-0.4, -0.2) is 24.8 Å². The summed E-state index contributed by atoms with van der Waals surface area (Å²) in [5.74, 6) is 0.408. The zero-order valence-corrected chi connectivity index (χ0v) is 9.61. The van der Waals surface area contributed by atoms with Crippen LogP contribution in [0.25, 0.3) is 0 Å². The van der Waals surface area contributed by atoms with E-state index in [1.54, 1.807) is 45.2 Å². The fraction of sp³-hybridized carbons (Fsp3) is 0.333. The number of rotatable bonds is 4. The van der Waals surface area contributed by atoms with E-state index >= 15 is 0 Å². The monoisotopic (exact) mass is 221 g/mol. The predicted octanol–water partition coefficient (Wildman–Crippen LogP) is 1.40. The molecule has 1 N–H and O–H groups in total. The van der Waals surface area contributed by atoms with E-state index in [4.69, 9.17) is 4.74 Å². The summed E-state index contributed by atoms with van der Waals surface area (Å²) in [6.45, 7) is 3.28. The highest BCUT2D eigenvalue weighted by Gasteiger charge is 2.19. The molecule has 4 heteroatoms. The molecule has 0 fully saturated rings. The first-order valence-electron chi connectivity index (χ1n) is 4.91. The molecule has 4 nitrogen and oxygen atoms in total. The molecular weight excluding hydrogens is 206 g/mol. The van der Waals surface area contributed by atoms with Crippen LogP contribution in [0.15, 0.2) is 24.3 Å². The molecule has 86 valence electrons. The van der Waals surface area contributed by atoms with Crippen molar-refractivity contribution in [2.24, 2.45) is 0 Å². The van der Waals surface area contributed by atoms with Crippen LogP contribution in [-0.2, 0) is 4.79 Å². The van der Waals surface area contributed by atoms with E-state index in [9.17, 15) is 9.59 Å². The molecule has 0 spiro atoms. The van der Waals surface area contributed by atoms with Crippen LogP contribution in [0.4, 0.5) is 0 Å². The molecule has 1 rings (SSSR count). The normalized spacial score (nSPS) is 10.7. The molecule has 1 aromatic carbocycles. The SMILES string of the molecule is COc1ccc(C(=O)NC(C)(C)C=O)cc1. The molecule has 1 aromatic rings. The molecule has 0 bridgehead atoms. The van der Waals surface area contributed by atoms with Crippen LogP contribution in [0.3, 0.4) is 0 Å². The second-order valence-corrected chi connectivity index (χ2v) is 4.02. The number of carbonyl (C=O) groups is 2. The maximum Gasteiger partial charge on any atom is 0.252 e. The first-order valence-corrected chi connectivity index (χ1v) is 4.91. The molecule has 0 saturated heterocycles. The Bertz CT molecular complexity index is 382. The van der Waals surface area contributed by atoms with Crippen molar-refractivity contribution >= 4 is 12.2 Å². The maximum atomic E-state index is 11.7. The van der Waals surface area contributed by atoms with Crippen LogP contribution in [0, 0.1) is 0 Å². The van der Waals surface area contributed by atoms with Gasteiger partial charge in [-0.25, -0.2) is 0 Å². The maximum absolute atomic E-state index is 11.7. The smallest absolute Gasteiger partial charge is 0.252 e. The van der Waals surface area contributed by atoms with Gasteiger partial charge in [-0.15, -0.1) is 0 Å². The molecular formula is C12H15NO3. The standard InChI is InChI=1S/C12H15NO3/c1-12(2,8-14)13-11(15)9-4-6-10(16-3)7-5-9/h4-8H,1-3H3,(H,13,15). The lowest BCUT2D eigenvalue weighted by atomic mass is 10.1. The Balaban J connectivity index is 2.77. The third-order valence-electron chi connectivity index (χ3n) is 2.08. The molecule has 0 radical (unpaired) electrons. The van der Waals surface area contributed by atoms with Gasteiger partial charge in [0.05, 0.1) is 12.6 Å².